The monoisotopic (exact) mass is 377 g/mol. The summed E-state index contributed by atoms with van der Waals surface area (Å²) in [6.45, 7) is 3.13. The average molecular weight is 377 g/mol. The summed E-state index contributed by atoms with van der Waals surface area (Å²) in [5.41, 5.74) is 1.77. The number of hydrogen-bond acceptors (Lipinski definition) is 3. The molecule has 0 unspecified atom stereocenters. The van der Waals surface area contributed by atoms with E-state index >= 15 is 0 Å². The van der Waals surface area contributed by atoms with Crippen molar-refractivity contribution in [3.8, 4) is 0 Å². The van der Waals surface area contributed by atoms with Crippen LogP contribution < -0.4 is 5.32 Å². The number of aryl methyl sites for hydroxylation is 1. The number of hydrogen-bond donors (Lipinski definition) is 1. The van der Waals surface area contributed by atoms with Gasteiger partial charge < -0.3 is 10.2 Å². The molecule has 2 aliphatic rings. The molecule has 0 radical (unpaired) electrons. The van der Waals surface area contributed by atoms with E-state index in [-0.39, 0.29) is 24.4 Å². The molecule has 2 saturated heterocycles. The van der Waals surface area contributed by atoms with Crippen LogP contribution in [0.15, 0.2) is 54.6 Å². The molecule has 28 heavy (non-hydrogen) atoms. The Morgan fingerprint density at radius 1 is 1.00 bits per heavy atom. The van der Waals surface area contributed by atoms with Gasteiger partial charge in [0.1, 0.15) is 5.54 Å². The second-order valence-electron chi connectivity index (χ2n) is 7.55. The number of nitrogens with zero attached hydrogens (tertiary/aromatic N) is 2. The van der Waals surface area contributed by atoms with Gasteiger partial charge >= 0.3 is 6.03 Å². The Labute approximate surface area is 164 Å². The standard InChI is InChI=1S/C22H23N3O3/c1-16-7-9-18(10-8-16)19(26)24-13-11-22(12-14-24)20(27)25(21(28)23-22)15-17-5-3-2-4-6-17/h2-10H,11-15H2,1H3,(H,23,28). The number of likely N-dealkylation sites (tertiary alicyclic amines) is 1. The van der Waals surface area contributed by atoms with E-state index < -0.39 is 5.54 Å². The average Bonchev–Trinajstić information content (AvgIpc) is 2.93. The maximum atomic E-state index is 13.0. The number of amides is 4. The number of carbonyl (C=O) groups is 3. The van der Waals surface area contributed by atoms with Gasteiger partial charge in [-0.2, -0.15) is 0 Å². The van der Waals surface area contributed by atoms with Crippen LogP contribution in [0, 0.1) is 6.92 Å². The Balaban J connectivity index is 1.43. The summed E-state index contributed by atoms with van der Waals surface area (Å²) in [7, 11) is 0. The highest BCUT2D eigenvalue weighted by Gasteiger charge is 2.52. The van der Waals surface area contributed by atoms with Crippen molar-refractivity contribution in [1.82, 2.24) is 15.1 Å². The third-order valence-corrected chi connectivity index (χ3v) is 5.63. The van der Waals surface area contributed by atoms with Crippen LogP contribution in [-0.2, 0) is 11.3 Å². The van der Waals surface area contributed by atoms with Gasteiger partial charge in [0.2, 0.25) is 0 Å². The molecule has 0 atom stereocenters. The van der Waals surface area contributed by atoms with E-state index in [9.17, 15) is 14.4 Å². The Morgan fingerprint density at radius 3 is 2.29 bits per heavy atom. The van der Waals surface area contributed by atoms with E-state index in [0.717, 1.165) is 11.1 Å². The second-order valence-corrected chi connectivity index (χ2v) is 7.55. The molecule has 1 N–H and O–H groups in total. The first-order valence-electron chi connectivity index (χ1n) is 9.52. The van der Waals surface area contributed by atoms with Crippen molar-refractivity contribution in [2.24, 2.45) is 0 Å². The molecule has 2 fully saturated rings. The fourth-order valence-electron chi connectivity index (χ4n) is 3.89. The smallest absolute Gasteiger partial charge is 0.325 e. The van der Waals surface area contributed by atoms with Crippen molar-refractivity contribution < 1.29 is 14.4 Å². The lowest BCUT2D eigenvalue weighted by atomic mass is 9.87. The van der Waals surface area contributed by atoms with Crippen molar-refractivity contribution in [3.05, 3.63) is 71.3 Å². The van der Waals surface area contributed by atoms with Gasteiger partial charge in [0.15, 0.2) is 0 Å². The van der Waals surface area contributed by atoms with Crippen LogP contribution in [0.2, 0.25) is 0 Å². The molecule has 144 valence electrons. The van der Waals surface area contributed by atoms with Crippen LogP contribution in [-0.4, -0.2) is 46.3 Å². The molecule has 0 aromatic heterocycles. The van der Waals surface area contributed by atoms with Crippen molar-refractivity contribution >= 4 is 17.8 Å². The first kappa shape index (κ1) is 18.2. The first-order valence-corrected chi connectivity index (χ1v) is 9.52. The van der Waals surface area contributed by atoms with Gasteiger partial charge in [-0.05, 0) is 37.5 Å². The number of piperidine rings is 1. The quantitative estimate of drug-likeness (QED) is 0.836. The Hall–Kier alpha value is -3.15. The van der Waals surface area contributed by atoms with Crippen LogP contribution in [0.1, 0.15) is 34.3 Å². The summed E-state index contributed by atoms with van der Waals surface area (Å²) in [6.07, 6.45) is 0.862. The molecule has 0 bridgehead atoms. The highest BCUT2D eigenvalue weighted by molar-refractivity contribution is 6.07. The molecular weight excluding hydrogens is 354 g/mol. The van der Waals surface area contributed by atoms with E-state index in [4.69, 9.17) is 0 Å². The summed E-state index contributed by atoms with van der Waals surface area (Å²) >= 11 is 0. The first-order chi connectivity index (χ1) is 13.5. The number of benzene rings is 2. The molecule has 1 spiro atoms. The second kappa shape index (κ2) is 7.11. The minimum absolute atomic E-state index is 0.0345. The molecular formula is C22H23N3O3. The summed E-state index contributed by atoms with van der Waals surface area (Å²) in [5.74, 6) is -0.225. The van der Waals surface area contributed by atoms with E-state index in [1.807, 2.05) is 61.5 Å². The fourth-order valence-corrected chi connectivity index (χ4v) is 3.89. The third kappa shape index (κ3) is 3.26. The van der Waals surface area contributed by atoms with Gasteiger partial charge in [-0.25, -0.2) is 4.79 Å². The highest BCUT2D eigenvalue weighted by atomic mass is 16.2. The molecule has 0 saturated carbocycles. The molecule has 2 aliphatic heterocycles. The normalized spacial score (nSPS) is 18.5. The fraction of sp³-hybridized carbons (Fsp3) is 0.318. The molecule has 4 rings (SSSR count). The van der Waals surface area contributed by atoms with Gasteiger partial charge in [0, 0.05) is 18.7 Å². The maximum Gasteiger partial charge on any atom is 0.325 e. The van der Waals surface area contributed by atoms with Crippen LogP contribution in [0.25, 0.3) is 0 Å². The summed E-state index contributed by atoms with van der Waals surface area (Å²) in [4.78, 5) is 41.2. The van der Waals surface area contributed by atoms with Crippen molar-refractivity contribution in [2.45, 2.75) is 31.8 Å². The van der Waals surface area contributed by atoms with Gasteiger partial charge in [-0.1, -0.05) is 48.0 Å². The van der Waals surface area contributed by atoms with Crippen LogP contribution in [0.3, 0.4) is 0 Å². The summed E-state index contributed by atoms with van der Waals surface area (Å²) < 4.78 is 0. The largest absolute Gasteiger partial charge is 0.338 e. The van der Waals surface area contributed by atoms with Crippen molar-refractivity contribution in [1.29, 1.82) is 0 Å². The lowest BCUT2D eigenvalue weighted by Crippen LogP contribution is -2.55. The Kier molecular flexibility index (Phi) is 4.63. The molecule has 2 aromatic rings. The number of urea groups is 1. The van der Waals surface area contributed by atoms with E-state index in [1.165, 1.54) is 4.90 Å². The minimum Gasteiger partial charge on any atom is -0.338 e. The van der Waals surface area contributed by atoms with Crippen molar-refractivity contribution in [2.75, 3.05) is 13.1 Å². The van der Waals surface area contributed by atoms with E-state index in [0.29, 0.717) is 31.5 Å². The predicted molar refractivity (Wildman–Crippen MR) is 105 cm³/mol. The molecule has 2 aromatic carbocycles. The summed E-state index contributed by atoms with van der Waals surface area (Å²) in [5, 5.41) is 2.90. The zero-order valence-corrected chi connectivity index (χ0v) is 15.9. The lowest BCUT2D eigenvalue weighted by molar-refractivity contribution is -0.133. The van der Waals surface area contributed by atoms with Crippen LogP contribution in [0.5, 0.6) is 0 Å². The molecule has 2 heterocycles. The molecule has 6 nitrogen and oxygen atoms in total. The van der Waals surface area contributed by atoms with Gasteiger partial charge in [-0.3, -0.25) is 14.5 Å². The zero-order chi connectivity index (χ0) is 19.7. The third-order valence-electron chi connectivity index (χ3n) is 5.63. The number of imide groups is 1. The Bertz CT molecular complexity index is 900. The lowest BCUT2D eigenvalue weighted by Gasteiger charge is -2.37. The molecule has 4 amide bonds. The zero-order valence-electron chi connectivity index (χ0n) is 15.9. The number of nitrogens with one attached hydrogen (secondary N) is 1. The van der Waals surface area contributed by atoms with E-state index in [1.54, 1.807) is 4.90 Å². The van der Waals surface area contributed by atoms with Crippen molar-refractivity contribution in [3.63, 3.8) is 0 Å². The Morgan fingerprint density at radius 2 is 1.64 bits per heavy atom. The van der Waals surface area contributed by atoms with Gasteiger partial charge in [-0.15, -0.1) is 0 Å². The van der Waals surface area contributed by atoms with Crippen LogP contribution >= 0.6 is 0 Å². The van der Waals surface area contributed by atoms with Crippen LogP contribution in [0.4, 0.5) is 4.79 Å². The minimum atomic E-state index is -0.893. The highest BCUT2D eigenvalue weighted by Crippen LogP contribution is 2.31. The maximum absolute atomic E-state index is 13.0. The number of carbonyl (C=O) groups excluding carboxylic acids is 3. The topological polar surface area (TPSA) is 69.7 Å². The molecule has 0 aliphatic carbocycles. The van der Waals surface area contributed by atoms with Gasteiger partial charge in [0.05, 0.1) is 6.54 Å². The van der Waals surface area contributed by atoms with Gasteiger partial charge in [0.25, 0.3) is 11.8 Å². The predicted octanol–water partition coefficient (Wildman–Crippen LogP) is 2.72. The molecule has 6 heteroatoms. The number of rotatable bonds is 3. The SMILES string of the molecule is Cc1ccc(C(=O)N2CCC3(CC2)NC(=O)N(Cc2ccccc2)C3=O)cc1. The summed E-state index contributed by atoms with van der Waals surface area (Å²) in [6, 6.07) is 16.6. The van der Waals surface area contributed by atoms with E-state index in [2.05, 4.69) is 5.32 Å².